The monoisotopic (exact) mass is 445 g/mol. The predicted octanol–water partition coefficient (Wildman–Crippen LogP) is 4.43. The predicted molar refractivity (Wildman–Crippen MR) is 120 cm³/mol. The van der Waals surface area contributed by atoms with Crippen molar-refractivity contribution in [2.45, 2.75) is 71.0 Å². The molecule has 0 aliphatic heterocycles. The van der Waals surface area contributed by atoms with Gasteiger partial charge in [-0.3, -0.25) is 9.17 Å². The zero-order chi connectivity index (χ0) is 22.0. The first kappa shape index (κ1) is 21.6. The third kappa shape index (κ3) is 3.50. The quantitative estimate of drug-likeness (QED) is 0.697. The van der Waals surface area contributed by atoms with E-state index in [1.165, 1.54) is 11.1 Å². The van der Waals surface area contributed by atoms with E-state index in [-0.39, 0.29) is 29.0 Å². The Kier molecular flexibility index (Phi) is 5.15. The molecule has 1 N–H and O–H groups in total. The van der Waals surface area contributed by atoms with Crippen molar-refractivity contribution in [2.24, 2.45) is 34.5 Å². The second-order valence-corrected chi connectivity index (χ2v) is 12.6. The fourth-order valence-electron chi connectivity index (χ4n) is 8.12. The van der Waals surface area contributed by atoms with Crippen LogP contribution in [0.1, 0.15) is 64.4 Å². The van der Waals surface area contributed by atoms with Crippen LogP contribution < -0.4 is 0 Å². The Morgan fingerprint density at radius 3 is 2.65 bits per heavy atom. The molecule has 0 radical (unpaired) electrons. The molecule has 0 spiro atoms. The van der Waals surface area contributed by atoms with Crippen molar-refractivity contribution < 1.29 is 17.7 Å². The second-order valence-electron chi connectivity index (χ2n) is 11.0. The summed E-state index contributed by atoms with van der Waals surface area (Å²) in [4.78, 5) is 4.35. The Labute approximate surface area is 186 Å². The molecule has 0 bridgehead atoms. The lowest BCUT2D eigenvalue weighted by Crippen LogP contribution is -2.58. The zero-order valence-corrected chi connectivity index (χ0v) is 19.6. The molecule has 1 heterocycles. The van der Waals surface area contributed by atoms with Crippen LogP contribution in [-0.2, 0) is 14.3 Å². The van der Waals surface area contributed by atoms with Gasteiger partial charge in [0, 0.05) is 12.4 Å². The third-order valence-electron chi connectivity index (χ3n) is 9.48. The van der Waals surface area contributed by atoms with Crippen LogP contribution in [0.2, 0.25) is 0 Å². The number of pyridine rings is 1. The fourth-order valence-corrected chi connectivity index (χ4v) is 8.78. The van der Waals surface area contributed by atoms with Crippen LogP contribution >= 0.6 is 0 Å². The number of aliphatic hydroxyl groups is 1. The van der Waals surface area contributed by atoms with E-state index in [4.69, 9.17) is 4.18 Å². The van der Waals surface area contributed by atoms with Crippen molar-refractivity contribution in [1.82, 2.24) is 4.98 Å². The van der Waals surface area contributed by atoms with Gasteiger partial charge in [0.2, 0.25) is 0 Å². The largest absolute Gasteiger partial charge is 0.393 e. The van der Waals surface area contributed by atoms with Gasteiger partial charge in [0.15, 0.2) is 0 Å². The number of nitrogens with zero attached hydrogens (tertiary/aromatic N) is 1. The molecule has 3 fully saturated rings. The van der Waals surface area contributed by atoms with Gasteiger partial charge in [0.1, 0.15) is 0 Å². The summed E-state index contributed by atoms with van der Waals surface area (Å²) in [6.07, 6.45) is 13.2. The molecule has 1 aromatic heterocycles. The average Bonchev–Trinajstić information content (AvgIpc) is 3.06. The number of aliphatic hydroxyl groups excluding tert-OH is 1. The highest BCUT2D eigenvalue weighted by Crippen LogP contribution is 2.67. The number of aromatic nitrogens is 1. The van der Waals surface area contributed by atoms with Gasteiger partial charge in [0.25, 0.3) is 10.1 Å². The number of allylic oxidation sites excluding steroid dienone is 2. The highest BCUT2D eigenvalue weighted by molar-refractivity contribution is 7.86. The molecule has 8 atom stereocenters. The highest BCUT2D eigenvalue weighted by atomic mass is 32.2. The summed E-state index contributed by atoms with van der Waals surface area (Å²) >= 11 is 0. The van der Waals surface area contributed by atoms with Crippen molar-refractivity contribution in [3.8, 4) is 0 Å². The molecular formula is C25H35NO4S. The molecule has 170 valence electrons. The van der Waals surface area contributed by atoms with Crippen molar-refractivity contribution in [1.29, 1.82) is 0 Å². The number of fused-ring (bicyclic) bond motifs is 5. The van der Waals surface area contributed by atoms with E-state index < -0.39 is 10.1 Å². The molecule has 4 aliphatic rings. The summed E-state index contributed by atoms with van der Waals surface area (Å²) in [6.45, 7) is 4.76. The second kappa shape index (κ2) is 7.39. The van der Waals surface area contributed by atoms with Crippen LogP contribution in [0.15, 0.2) is 30.6 Å². The minimum atomic E-state index is -3.55. The van der Waals surface area contributed by atoms with Crippen molar-refractivity contribution >= 4 is 15.7 Å². The Morgan fingerprint density at radius 1 is 1.13 bits per heavy atom. The van der Waals surface area contributed by atoms with E-state index in [0.29, 0.717) is 24.2 Å². The first-order chi connectivity index (χ1) is 14.6. The first-order valence-electron chi connectivity index (χ1n) is 11.8. The molecule has 5 rings (SSSR count). The van der Waals surface area contributed by atoms with E-state index in [1.807, 2.05) is 18.5 Å². The van der Waals surface area contributed by atoms with Crippen LogP contribution in [-0.4, -0.2) is 37.0 Å². The lowest BCUT2D eigenvalue weighted by atomic mass is 9.44. The van der Waals surface area contributed by atoms with Gasteiger partial charge in [-0.15, -0.1) is 0 Å². The molecule has 3 saturated carbocycles. The van der Waals surface area contributed by atoms with Crippen LogP contribution in [0.25, 0.3) is 5.57 Å². The summed E-state index contributed by atoms with van der Waals surface area (Å²) in [7, 11) is -3.55. The third-order valence-corrected chi connectivity index (χ3v) is 10.1. The summed E-state index contributed by atoms with van der Waals surface area (Å²) in [6, 6.07) is 4.17. The van der Waals surface area contributed by atoms with Crippen molar-refractivity contribution in [3.63, 3.8) is 0 Å². The maximum Gasteiger partial charge on any atom is 0.264 e. The maximum atomic E-state index is 12.1. The van der Waals surface area contributed by atoms with Gasteiger partial charge in [-0.25, -0.2) is 0 Å². The topological polar surface area (TPSA) is 76.5 Å². The summed E-state index contributed by atoms with van der Waals surface area (Å²) in [5, 5.41) is 10.4. The van der Waals surface area contributed by atoms with Gasteiger partial charge < -0.3 is 5.11 Å². The van der Waals surface area contributed by atoms with Crippen LogP contribution in [0.3, 0.4) is 0 Å². The van der Waals surface area contributed by atoms with E-state index in [2.05, 4.69) is 31.0 Å². The Morgan fingerprint density at radius 2 is 1.94 bits per heavy atom. The Hall–Kier alpha value is -1.24. The molecule has 1 aromatic rings. The van der Waals surface area contributed by atoms with E-state index >= 15 is 0 Å². The Balaban J connectivity index is 1.50. The highest BCUT2D eigenvalue weighted by Gasteiger charge is 2.61. The van der Waals surface area contributed by atoms with E-state index in [1.54, 1.807) is 0 Å². The van der Waals surface area contributed by atoms with Crippen molar-refractivity contribution in [3.05, 3.63) is 36.2 Å². The molecule has 0 amide bonds. The lowest BCUT2D eigenvalue weighted by molar-refractivity contribution is -0.155. The summed E-state index contributed by atoms with van der Waals surface area (Å²) in [5.41, 5.74) is 2.75. The minimum Gasteiger partial charge on any atom is -0.393 e. The molecule has 6 heteroatoms. The van der Waals surface area contributed by atoms with E-state index in [0.717, 1.165) is 44.8 Å². The summed E-state index contributed by atoms with van der Waals surface area (Å²) < 4.78 is 30.0. The summed E-state index contributed by atoms with van der Waals surface area (Å²) in [5.74, 6) is 1.59. The van der Waals surface area contributed by atoms with Crippen molar-refractivity contribution in [2.75, 3.05) is 6.26 Å². The Bertz CT molecular complexity index is 976. The fraction of sp³-hybridized carbons (Fsp3) is 0.720. The molecule has 0 aromatic carbocycles. The van der Waals surface area contributed by atoms with Gasteiger partial charge in [-0.05, 0) is 96.7 Å². The molecule has 0 unspecified atom stereocenters. The SMILES string of the molecule is C[C@]12CC[C@H](O)C[C@@H]1[C@@H](OS(C)(=O)=O)C[C@@H]1[C@@H]2CC[C@]2(C)C(c3cccnc3)=CC[C@@H]12. The number of hydrogen-bond acceptors (Lipinski definition) is 5. The maximum absolute atomic E-state index is 12.1. The van der Waals surface area contributed by atoms with Crippen LogP contribution in [0.4, 0.5) is 0 Å². The van der Waals surface area contributed by atoms with Gasteiger partial charge in [0.05, 0.1) is 18.5 Å². The molecule has 4 aliphatic carbocycles. The van der Waals surface area contributed by atoms with Gasteiger partial charge >= 0.3 is 0 Å². The standard InChI is InChI=1S/C25H35NO4S/c1-24-11-9-21-18(20(24)7-6-19(24)16-5-4-12-26-15-16)14-23(30-31(3,28)29)22-13-17(27)8-10-25(21,22)2/h4-6,12,15,17-18,20-23,27H,7-11,13-14H2,1-3H3/t17-,18-,20-,21-,22+,23-,24+,25+/m0/s1. The van der Waals surface area contributed by atoms with Crippen LogP contribution in [0, 0.1) is 34.5 Å². The molecular weight excluding hydrogens is 410 g/mol. The normalized spacial score (nSPS) is 44.7. The molecule has 31 heavy (non-hydrogen) atoms. The van der Waals surface area contributed by atoms with Gasteiger partial charge in [-0.1, -0.05) is 26.0 Å². The van der Waals surface area contributed by atoms with E-state index in [9.17, 15) is 13.5 Å². The molecule has 5 nitrogen and oxygen atoms in total. The van der Waals surface area contributed by atoms with Crippen LogP contribution in [0.5, 0.6) is 0 Å². The lowest BCUT2D eigenvalue weighted by Gasteiger charge is -2.62. The number of rotatable bonds is 3. The smallest absolute Gasteiger partial charge is 0.264 e. The zero-order valence-electron chi connectivity index (χ0n) is 18.8. The van der Waals surface area contributed by atoms with Gasteiger partial charge in [-0.2, -0.15) is 8.42 Å². The minimum absolute atomic E-state index is 0.0237. The molecule has 0 saturated heterocycles. The number of hydrogen-bond donors (Lipinski definition) is 1. The average molecular weight is 446 g/mol. The first-order valence-corrected chi connectivity index (χ1v) is 13.6.